The zero-order chi connectivity index (χ0) is 36.9. The zero-order valence-electron chi connectivity index (χ0n) is 31.7. The predicted octanol–water partition coefficient (Wildman–Crippen LogP) is 5.81. The molecule has 2 aromatic heterocycles. The van der Waals surface area contributed by atoms with E-state index in [2.05, 4.69) is 83.1 Å². The van der Waals surface area contributed by atoms with Crippen molar-refractivity contribution >= 4 is 33.7 Å². The van der Waals surface area contributed by atoms with Gasteiger partial charge < -0.3 is 29.3 Å². The number of hydrogen-bond acceptors (Lipinski definition) is 8. The maximum absolute atomic E-state index is 14.2. The van der Waals surface area contributed by atoms with E-state index < -0.39 is 11.6 Å². The summed E-state index contributed by atoms with van der Waals surface area (Å²) in [5.41, 5.74) is 7.87. The molecule has 6 aliphatic rings. The lowest BCUT2D eigenvalue weighted by atomic mass is 9.56. The molecule has 10 heteroatoms. The van der Waals surface area contributed by atoms with E-state index in [-0.39, 0.29) is 47.7 Å². The van der Waals surface area contributed by atoms with Crippen LogP contribution in [0.15, 0.2) is 48.0 Å². The van der Waals surface area contributed by atoms with Gasteiger partial charge in [-0.2, -0.15) is 0 Å². The Bertz CT molecular complexity index is 2150. The van der Waals surface area contributed by atoms with Gasteiger partial charge in [0.15, 0.2) is 0 Å². The van der Waals surface area contributed by atoms with Crippen molar-refractivity contribution in [2.45, 2.75) is 82.0 Å². The minimum atomic E-state index is -0.898. The number of rotatable bonds is 5. The molecule has 0 spiro atoms. The molecule has 2 aromatic carbocycles. The summed E-state index contributed by atoms with van der Waals surface area (Å²) >= 11 is 0. The number of H-pyrrole nitrogens is 2. The third-order valence-corrected chi connectivity index (χ3v) is 14.4. The van der Waals surface area contributed by atoms with Crippen LogP contribution >= 0.6 is 0 Å². The fourth-order valence-electron chi connectivity index (χ4n) is 11.9. The van der Waals surface area contributed by atoms with Crippen LogP contribution in [0.1, 0.15) is 73.5 Å². The van der Waals surface area contributed by atoms with Gasteiger partial charge in [0.1, 0.15) is 17.4 Å². The van der Waals surface area contributed by atoms with Crippen LogP contribution in [-0.2, 0) is 37.3 Å². The molecule has 2 aliphatic carbocycles. The second kappa shape index (κ2) is 12.7. The van der Waals surface area contributed by atoms with Gasteiger partial charge in [-0.1, -0.05) is 43.2 Å². The number of esters is 2. The second-order valence-electron chi connectivity index (χ2n) is 16.3. The molecule has 4 aromatic rings. The molecular weight excluding hydrogens is 668 g/mol. The summed E-state index contributed by atoms with van der Waals surface area (Å²) in [7, 11) is 6.86. The van der Waals surface area contributed by atoms with Crippen LogP contribution in [0.2, 0.25) is 0 Å². The first-order chi connectivity index (χ1) is 25.7. The zero-order valence-corrected chi connectivity index (χ0v) is 31.7. The number of para-hydroxylation sites is 1. The number of hydrogen-bond donors (Lipinski definition) is 3. The molecular formula is C43H52N4O6. The molecule has 1 unspecified atom stereocenters. The van der Waals surface area contributed by atoms with Gasteiger partial charge in [-0.05, 0) is 87.2 Å². The normalized spacial score (nSPS) is 34.2. The molecule has 3 saturated heterocycles. The number of ether oxygens (including phenoxy) is 3. The molecule has 1 saturated carbocycles. The Morgan fingerprint density at radius 1 is 1.04 bits per heavy atom. The maximum Gasteiger partial charge on any atom is 0.319 e. The number of carbonyl (C=O) groups is 2. The topological polar surface area (TPSA) is 120 Å². The number of aliphatic hydroxyl groups excluding tert-OH is 1. The number of likely N-dealkylation sites (tertiary alicyclic amines) is 1. The van der Waals surface area contributed by atoms with Crippen LogP contribution < -0.4 is 4.74 Å². The molecule has 53 heavy (non-hydrogen) atoms. The van der Waals surface area contributed by atoms with Crippen molar-refractivity contribution in [2.24, 2.45) is 23.7 Å². The standard InChI is InChI=1S/C43H52N4O6/c1-7-22-15-36-43(42(50)53-6)20-31(22)40(48)47(36)14-13-25-27-19-35(51-4)28(17-33(27)45-39(25)43)29-16-26-23(8-2)21-46(3)34(37(26)41(49)52-5)18-30-24-11-9-10-12-32(24)44-38(29)30/h8-12,17,19,22,26,29,31,34,36-37,40,44-45,48H,7,13-16,18,20-21H2,1-6H3/t22-,26+,29+,31+,34+,36+,37+,40+,43+/m1/s1. The number of nitrogens with one attached hydrogen (secondary N) is 2. The number of nitrogens with zero attached hydrogens (tertiary/aromatic N) is 2. The average Bonchev–Trinajstić information content (AvgIpc) is 3.69. The van der Waals surface area contributed by atoms with Crippen molar-refractivity contribution in [3.63, 3.8) is 0 Å². The van der Waals surface area contributed by atoms with Crippen molar-refractivity contribution < 1.29 is 28.9 Å². The highest BCUT2D eigenvalue weighted by molar-refractivity contribution is 5.93. The van der Waals surface area contributed by atoms with Crippen LogP contribution in [-0.4, -0.2) is 96.6 Å². The highest BCUT2D eigenvalue weighted by atomic mass is 16.5. The molecule has 10 rings (SSSR count). The summed E-state index contributed by atoms with van der Waals surface area (Å²) in [6.07, 6.45) is 6.13. The van der Waals surface area contributed by atoms with Crippen molar-refractivity contribution in [1.82, 2.24) is 19.8 Å². The van der Waals surface area contributed by atoms with Crippen LogP contribution in [0.5, 0.6) is 5.75 Å². The number of methoxy groups -OCH3 is 3. The Balaban J connectivity index is 1.26. The average molecular weight is 721 g/mol. The number of allylic oxidation sites excluding steroid dienone is 1. The first-order valence-corrected chi connectivity index (χ1v) is 19.5. The summed E-state index contributed by atoms with van der Waals surface area (Å²) in [5.74, 6) is 0.275. The van der Waals surface area contributed by atoms with Gasteiger partial charge in [0.25, 0.3) is 0 Å². The Morgan fingerprint density at radius 3 is 2.58 bits per heavy atom. The van der Waals surface area contributed by atoms with E-state index in [1.54, 1.807) is 7.11 Å². The van der Waals surface area contributed by atoms with Gasteiger partial charge in [-0.25, -0.2) is 0 Å². The van der Waals surface area contributed by atoms with Gasteiger partial charge in [0, 0.05) is 75.8 Å². The number of carbonyl (C=O) groups excluding carboxylic acids is 2. The number of aliphatic hydroxyl groups is 1. The van der Waals surface area contributed by atoms with E-state index in [9.17, 15) is 14.7 Å². The fraction of sp³-hybridized carbons (Fsp3) is 0.535. The number of fused-ring (bicyclic) bond motifs is 9. The van der Waals surface area contributed by atoms with E-state index in [0.717, 1.165) is 64.1 Å². The number of aromatic amines is 2. The summed E-state index contributed by atoms with van der Waals surface area (Å²) in [5, 5.41) is 13.8. The van der Waals surface area contributed by atoms with Gasteiger partial charge in [0.2, 0.25) is 0 Å². The lowest BCUT2D eigenvalue weighted by Gasteiger charge is -2.59. The third-order valence-electron chi connectivity index (χ3n) is 14.4. The number of piperidine rings is 3. The molecule has 4 aliphatic heterocycles. The third kappa shape index (κ3) is 4.80. The van der Waals surface area contributed by atoms with Crippen molar-refractivity contribution in [3.05, 3.63) is 76.1 Å². The molecule has 10 atom stereocenters. The minimum absolute atomic E-state index is 0.00998. The SMILES string of the molecule is CC=C1CN(C)[C@H]2Cc3c([nH]c4ccccc34)[C@H](c3cc4[nH]c5c(c4cc3OC)CCN3[C@H]4C[C@@H](CC)[C@H](C[C@@]54C(=O)OC)[C@@H]3O)C[C@@H]1[C@@H]2C(=O)OC. The molecule has 10 nitrogen and oxygen atoms in total. The van der Waals surface area contributed by atoms with Gasteiger partial charge in [0.05, 0.1) is 27.2 Å². The highest BCUT2D eigenvalue weighted by Crippen LogP contribution is 2.57. The summed E-state index contributed by atoms with van der Waals surface area (Å²) < 4.78 is 17.5. The Kier molecular flexibility index (Phi) is 8.33. The molecule has 3 N–H and O–H groups in total. The monoisotopic (exact) mass is 720 g/mol. The summed E-state index contributed by atoms with van der Waals surface area (Å²) in [6.45, 7) is 5.74. The smallest absolute Gasteiger partial charge is 0.319 e. The van der Waals surface area contributed by atoms with Crippen molar-refractivity contribution in [3.8, 4) is 5.75 Å². The number of aromatic nitrogens is 2. The maximum atomic E-state index is 14.2. The predicted molar refractivity (Wildman–Crippen MR) is 203 cm³/mol. The van der Waals surface area contributed by atoms with E-state index in [0.29, 0.717) is 38.1 Å². The minimum Gasteiger partial charge on any atom is -0.496 e. The van der Waals surface area contributed by atoms with Crippen LogP contribution in [0.4, 0.5) is 0 Å². The molecule has 0 amide bonds. The lowest BCUT2D eigenvalue weighted by Crippen LogP contribution is -2.69. The van der Waals surface area contributed by atoms with Crippen LogP contribution in [0.25, 0.3) is 21.8 Å². The van der Waals surface area contributed by atoms with E-state index >= 15 is 0 Å². The largest absolute Gasteiger partial charge is 0.496 e. The summed E-state index contributed by atoms with van der Waals surface area (Å²) in [6, 6.07) is 12.7. The van der Waals surface area contributed by atoms with E-state index in [1.165, 1.54) is 30.7 Å². The molecule has 280 valence electrons. The van der Waals surface area contributed by atoms with Gasteiger partial charge in [-0.3, -0.25) is 19.4 Å². The number of likely N-dealkylation sites (N-methyl/N-ethyl adjacent to an activating group) is 1. The Morgan fingerprint density at radius 2 is 1.85 bits per heavy atom. The molecule has 0 radical (unpaired) electrons. The van der Waals surface area contributed by atoms with Gasteiger partial charge in [-0.15, -0.1) is 0 Å². The number of benzene rings is 2. The van der Waals surface area contributed by atoms with E-state index in [1.807, 2.05) is 0 Å². The first-order valence-electron chi connectivity index (χ1n) is 19.5. The highest BCUT2D eigenvalue weighted by Gasteiger charge is 2.64. The van der Waals surface area contributed by atoms with Crippen molar-refractivity contribution in [2.75, 3.05) is 41.5 Å². The summed E-state index contributed by atoms with van der Waals surface area (Å²) in [4.78, 5) is 40.2. The Labute approximate surface area is 310 Å². The van der Waals surface area contributed by atoms with Crippen LogP contribution in [0, 0.1) is 23.7 Å². The Hall–Kier alpha value is -4.12. The van der Waals surface area contributed by atoms with E-state index in [4.69, 9.17) is 14.2 Å². The van der Waals surface area contributed by atoms with Crippen molar-refractivity contribution in [1.29, 1.82) is 0 Å². The van der Waals surface area contributed by atoms with Crippen LogP contribution in [0.3, 0.4) is 0 Å². The molecule has 6 heterocycles. The molecule has 6 bridgehead atoms. The second-order valence-corrected chi connectivity index (χ2v) is 16.3. The first kappa shape index (κ1) is 34.6. The molecule has 4 fully saturated rings. The lowest BCUT2D eigenvalue weighted by molar-refractivity contribution is -0.196. The quantitative estimate of drug-likeness (QED) is 0.175. The fourth-order valence-corrected chi connectivity index (χ4v) is 11.9. The van der Waals surface area contributed by atoms with Gasteiger partial charge >= 0.3 is 11.9 Å².